The molecule has 0 spiro atoms. The predicted molar refractivity (Wildman–Crippen MR) is 135 cm³/mol. The Bertz CT molecular complexity index is 1440. The zero-order valence-corrected chi connectivity index (χ0v) is 19.4. The summed E-state index contributed by atoms with van der Waals surface area (Å²) in [5.74, 6) is -0.933. The molecule has 0 radical (unpaired) electrons. The minimum atomic E-state index is -0.961. The maximum Gasteiger partial charge on any atom is 0.305 e. The molecule has 5 rings (SSSR count). The Labute approximate surface area is 205 Å². The lowest BCUT2D eigenvalue weighted by molar-refractivity contribution is -0.136. The fourth-order valence-electron chi connectivity index (χ4n) is 4.41. The first-order valence-electron chi connectivity index (χ1n) is 11.3. The molecule has 2 heterocycles. The third-order valence-corrected chi connectivity index (χ3v) is 6.32. The summed E-state index contributed by atoms with van der Waals surface area (Å²) in [4.78, 5) is 22.0. The lowest BCUT2D eigenvalue weighted by Gasteiger charge is -2.29. The number of aromatic hydroxyl groups is 1. The molecule has 0 aliphatic carbocycles. The van der Waals surface area contributed by atoms with E-state index in [1.165, 1.54) is 6.07 Å². The largest absolute Gasteiger partial charge is 0.508 e. The van der Waals surface area contributed by atoms with Crippen molar-refractivity contribution in [1.29, 1.82) is 0 Å². The molecule has 1 saturated heterocycles. The van der Waals surface area contributed by atoms with E-state index >= 15 is 4.39 Å². The number of hydrogen-bond acceptors (Lipinski definition) is 7. The van der Waals surface area contributed by atoms with Crippen molar-refractivity contribution in [2.24, 2.45) is 0 Å². The summed E-state index contributed by atoms with van der Waals surface area (Å²) in [6.07, 6.45) is -0.131. The first-order valence-corrected chi connectivity index (χ1v) is 11.6. The number of phenols is 1. The Kier molecular flexibility index (Phi) is 6.27. The van der Waals surface area contributed by atoms with Gasteiger partial charge in [0.1, 0.15) is 17.1 Å². The van der Waals surface area contributed by atoms with Crippen LogP contribution in [0.2, 0.25) is 5.02 Å². The summed E-state index contributed by atoms with van der Waals surface area (Å²) in [6, 6.07) is 12.1. The SMILES string of the molecule is O=C(O)CCNc1nc(N2CCNCC2)c2cc(Cl)c(-c3cc(O)cc4ccccc34)c(F)c2n1. The van der Waals surface area contributed by atoms with Crippen molar-refractivity contribution in [3.05, 3.63) is 53.3 Å². The van der Waals surface area contributed by atoms with Gasteiger partial charge < -0.3 is 25.7 Å². The van der Waals surface area contributed by atoms with Crippen molar-refractivity contribution in [2.45, 2.75) is 6.42 Å². The maximum atomic E-state index is 16.2. The second-order valence-electron chi connectivity index (χ2n) is 8.34. The van der Waals surface area contributed by atoms with Gasteiger partial charge in [-0.05, 0) is 34.5 Å². The number of phenolic OH excluding ortho intramolecular Hbond substituents is 1. The van der Waals surface area contributed by atoms with Crippen LogP contribution < -0.4 is 15.5 Å². The zero-order valence-electron chi connectivity index (χ0n) is 18.7. The molecule has 10 heteroatoms. The quantitative estimate of drug-likeness (QED) is 0.314. The third kappa shape index (κ3) is 4.52. The molecule has 0 saturated carbocycles. The monoisotopic (exact) mass is 495 g/mol. The van der Waals surface area contributed by atoms with Crippen LogP contribution in [0.5, 0.6) is 5.75 Å². The van der Waals surface area contributed by atoms with Crippen molar-refractivity contribution in [2.75, 3.05) is 42.9 Å². The number of carboxylic acid groups (broad SMARTS) is 1. The molecule has 1 aromatic heterocycles. The van der Waals surface area contributed by atoms with Crippen molar-refractivity contribution in [1.82, 2.24) is 15.3 Å². The average Bonchev–Trinajstić information content (AvgIpc) is 2.84. The zero-order chi connectivity index (χ0) is 24.5. The normalized spacial score (nSPS) is 13.9. The third-order valence-electron chi connectivity index (χ3n) is 6.02. The number of rotatable bonds is 6. The highest BCUT2D eigenvalue weighted by Crippen LogP contribution is 2.42. The Morgan fingerprint density at radius 1 is 1.14 bits per heavy atom. The number of carboxylic acids is 1. The first kappa shape index (κ1) is 23.1. The van der Waals surface area contributed by atoms with Crippen LogP contribution in [0.4, 0.5) is 16.2 Å². The Hall–Kier alpha value is -3.69. The smallest absolute Gasteiger partial charge is 0.305 e. The Morgan fingerprint density at radius 3 is 2.69 bits per heavy atom. The van der Waals surface area contributed by atoms with Crippen LogP contribution >= 0.6 is 11.6 Å². The van der Waals surface area contributed by atoms with E-state index in [-0.39, 0.29) is 40.8 Å². The van der Waals surface area contributed by atoms with Crippen molar-refractivity contribution < 1.29 is 19.4 Å². The number of aromatic nitrogens is 2. The van der Waals surface area contributed by atoms with Gasteiger partial charge in [-0.1, -0.05) is 35.9 Å². The van der Waals surface area contributed by atoms with Gasteiger partial charge in [0.15, 0.2) is 5.82 Å². The molecule has 8 nitrogen and oxygen atoms in total. The molecule has 1 aliphatic rings. The standard InChI is InChI=1S/C25H23ClFN5O3/c26-19-13-18-23(22(27)21(19)17-12-15(33)11-14-3-1-2-4-16(14)17)30-25(29-6-5-20(34)35)31-24(18)32-9-7-28-8-10-32/h1-4,11-13,28,33H,5-10H2,(H,34,35)(H,29,30,31). The minimum absolute atomic E-state index is 0.00511. The van der Waals surface area contributed by atoms with Gasteiger partial charge >= 0.3 is 5.97 Å². The van der Waals surface area contributed by atoms with E-state index in [1.54, 1.807) is 12.1 Å². The van der Waals surface area contributed by atoms with Crippen LogP contribution in [0.1, 0.15) is 6.42 Å². The van der Waals surface area contributed by atoms with E-state index in [4.69, 9.17) is 16.7 Å². The molecule has 0 unspecified atom stereocenters. The van der Waals surface area contributed by atoms with Crippen molar-refractivity contribution >= 4 is 51.0 Å². The van der Waals surface area contributed by atoms with E-state index in [2.05, 4.69) is 20.6 Å². The topological polar surface area (TPSA) is 111 Å². The summed E-state index contributed by atoms with van der Waals surface area (Å²) >= 11 is 6.68. The van der Waals surface area contributed by atoms with E-state index in [1.807, 2.05) is 29.2 Å². The molecular formula is C25H23ClFN5O3. The minimum Gasteiger partial charge on any atom is -0.508 e. The summed E-state index contributed by atoms with van der Waals surface area (Å²) in [5, 5.41) is 27.6. The number of halogens is 2. The second-order valence-corrected chi connectivity index (χ2v) is 8.74. The van der Waals surface area contributed by atoms with E-state index in [0.717, 1.165) is 23.9 Å². The number of nitrogens with one attached hydrogen (secondary N) is 2. The fraction of sp³-hybridized carbons (Fsp3) is 0.240. The molecule has 0 amide bonds. The van der Waals surface area contributed by atoms with Crippen LogP contribution in [-0.2, 0) is 4.79 Å². The number of hydrogen-bond donors (Lipinski definition) is 4. The van der Waals surface area contributed by atoms with Crippen molar-refractivity contribution in [3.8, 4) is 16.9 Å². The van der Waals surface area contributed by atoms with Gasteiger partial charge in [-0.3, -0.25) is 4.79 Å². The van der Waals surface area contributed by atoms with Gasteiger partial charge in [0.05, 0.1) is 11.4 Å². The molecular weight excluding hydrogens is 473 g/mol. The van der Waals surface area contributed by atoms with Gasteiger partial charge in [0.25, 0.3) is 0 Å². The fourth-order valence-corrected chi connectivity index (χ4v) is 4.70. The second kappa shape index (κ2) is 9.52. The molecule has 1 fully saturated rings. The number of nitrogens with zero attached hydrogens (tertiary/aromatic N) is 3. The lowest BCUT2D eigenvalue weighted by atomic mass is 9.96. The molecule has 0 atom stereocenters. The number of anilines is 2. The molecule has 1 aliphatic heterocycles. The van der Waals surface area contributed by atoms with Crippen LogP contribution in [0.15, 0.2) is 42.5 Å². The maximum absolute atomic E-state index is 16.2. The molecule has 180 valence electrons. The summed E-state index contributed by atoms with van der Waals surface area (Å²) in [7, 11) is 0. The highest BCUT2D eigenvalue weighted by atomic mass is 35.5. The molecule has 4 aromatic rings. The lowest BCUT2D eigenvalue weighted by Crippen LogP contribution is -2.44. The number of benzene rings is 3. The van der Waals surface area contributed by atoms with Gasteiger partial charge in [0, 0.05) is 43.7 Å². The van der Waals surface area contributed by atoms with Gasteiger partial charge in [-0.25, -0.2) is 9.37 Å². The van der Waals surface area contributed by atoms with Crippen LogP contribution in [0, 0.1) is 5.82 Å². The Morgan fingerprint density at radius 2 is 1.91 bits per heavy atom. The van der Waals surface area contributed by atoms with Gasteiger partial charge in [-0.2, -0.15) is 4.98 Å². The van der Waals surface area contributed by atoms with E-state index in [9.17, 15) is 9.90 Å². The number of carbonyl (C=O) groups is 1. The van der Waals surface area contributed by atoms with Crippen molar-refractivity contribution in [3.63, 3.8) is 0 Å². The summed E-state index contributed by atoms with van der Waals surface area (Å²) in [6.45, 7) is 2.92. The van der Waals surface area contributed by atoms with Crippen LogP contribution in [-0.4, -0.2) is 58.9 Å². The molecule has 0 bridgehead atoms. The van der Waals surface area contributed by atoms with Crippen LogP contribution in [0.25, 0.3) is 32.8 Å². The predicted octanol–water partition coefficient (Wildman–Crippen LogP) is 4.24. The average molecular weight is 496 g/mol. The Balaban J connectivity index is 1.73. The van der Waals surface area contributed by atoms with E-state index in [0.29, 0.717) is 29.9 Å². The summed E-state index contributed by atoms with van der Waals surface area (Å²) in [5.41, 5.74) is 0.651. The highest BCUT2D eigenvalue weighted by molar-refractivity contribution is 6.35. The van der Waals surface area contributed by atoms with E-state index < -0.39 is 11.8 Å². The molecule has 35 heavy (non-hydrogen) atoms. The van der Waals surface area contributed by atoms with Gasteiger partial charge in [0.2, 0.25) is 5.95 Å². The number of aliphatic carboxylic acids is 1. The van der Waals surface area contributed by atoms with Crippen LogP contribution in [0.3, 0.4) is 0 Å². The van der Waals surface area contributed by atoms with Gasteiger partial charge in [-0.15, -0.1) is 0 Å². The molecule has 4 N–H and O–H groups in total. The first-order chi connectivity index (χ1) is 16.9. The number of piperazine rings is 1. The summed E-state index contributed by atoms with van der Waals surface area (Å²) < 4.78 is 16.2. The highest BCUT2D eigenvalue weighted by Gasteiger charge is 2.24. The number of fused-ring (bicyclic) bond motifs is 2. The molecule has 3 aromatic carbocycles.